The number of carbonyl (C=O) groups is 1. The Kier molecular flexibility index (Phi) is 5.07. The van der Waals surface area contributed by atoms with E-state index < -0.39 is 0 Å². The van der Waals surface area contributed by atoms with Gasteiger partial charge in [-0.15, -0.1) is 10.2 Å². The molecule has 0 radical (unpaired) electrons. The number of rotatable bonds is 5. The Hall–Kier alpha value is -1.44. The first-order chi connectivity index (χ1) is 10.7. The maximum atomic E-state index is 12.1. The largest absolute Gasteiger partial charge is 0.328 e. The molecular weight excluding hydrogens is 316 g/mol. The molecule has 1 aromatic heterocycles. The summed E-state index contributed by atoms with van der Waals surface area (Å²) in [4.78, 5) is 12.1. The van der Waals surface area contributed by atoms with Crippen molar-refractivity contribution in [1.29, 1.82) is 0 Å². The number of nitrogens with one attached hydrogen (secondary N) is 1. The van der Waals surface area contributed by atoms with Gasteiger partial charge in [0.15, 0.2) is 4.34 Å². The second-order valence-corrected chi connectivity index (χ2v) is 7.61. The molecule has 3 N–H and O–H groups in total. The van der Waals surface area contributed by atoms with E-state index in [1.807, 2.05) is 18.2 Å². The van der Waals surface area contributed by atoms with Gasteiger partial charge in [0.05, 0.1) is 0 Å². The molecule has 7 heteroatoms. The van der Waals surface area contributed by atoms with Gasteiger partial charge in [0.2, 0.25) is 11.0 Å². The van der Waals surface area contributed by atoms with E-state index in [1.54, 1.807) is 11.8 Å². The van der Waals surface area contributed by atoms with Crippen molar-refractivity contribution in [3.8, 4) is 0 Å². The SMILES string of the molecule is NC1CCC(C(=O)Nc2nnc(SCc3ccccc3)s2)C1. The van der Waals surface area contributed by atoms with Crippen LogP contribution in [0.4, 0.5) is 5.13 Å². The fourth-order valence-electron chi connectivity index (χ4n) is 2.50. The monoisotopic (exact) mass is 334 g/mol. The minimum absolute atomic E-state index is 0.0133. The first kappa shape index (κ1) is 15.5. The van der Waals surface area contributed by atoms with Crippen molar-refractivity contribution in [2.45, 2.75) is 35.4 Å². The molecule has 1 amide bonds. The Balaban J connectivity index is 1.51. The number of benzene rings is 1. The summed E-state index contributed by atoms with van der Waals surface area (Å²) >= 11 is 3.05. The van der Waals surface area contributed by atoms with Crippen LogP contribution in [0.1, 0.15) is 24.8 Å². The van der Waals surface area contributed by atoms with Gasteiger partial charge >= 0.3 is 0 Å². The van der Waals surface area contributed by atoms with Crippen LogP contribution < -0.4 is 11.1 Å². The summed E-state index contributed by atoms with van der Waals surface area (Å²) in [7, 11) is 0. The summed E-state index contributed by atoms with van der Waals surface area (Å²) < 4.78 is 0.863. The molecule has 0 bridgehead atoms. The normalized spacial score (nSPS) is 21.0. The Labute approximate surface area is 137 Å². The topological polar surface area (TPSA) is 80.9 Å². The first-order valence-corrected chi connectivity index (χ1v) is 9.07. The molecule has 3 rings (SSSR count). The highest BCUT2D eigenvalue weighted by atomic mass is 32.2. The third-order valence-corrected chi connectivity index (χ3v) is 5.73. The molecule has 0 spiro atoms. The Morgan fingerprint density at radius 2 is 2.14 bits per heavy atom. The molecule has 2 aromatic rings. The minimum atomic E-state index is 0.0133. The van der Waals surface area contributed by atoms with E-state index in [2.05, 4.69) is 27.6 Å². The fraction of sp³-hybridized carbons (Fsp3) is 0.400. The Bertz CT molecular complexity index is 631. The van der Waals surface area contributed by atoms with E-state index >= 15 is 0 Å². The number of thioether (sulfide) groups is 1. The molecule has 5 nitrogen and oxygen atoms in total. The number of anilines is 1. The van der Waals surface area contributed by atoms with Crippen LogP contribution in [0.25, 0.3) is 0 Å². The van der Waals surface area contributed by atoms with Gasteiger partial charge in [0, 0.05) is 17.7 Å². The van der Waals surface area contributed by atoms with Crippen LogP contribution in [-0.4, -0.2) is 22.1 Å². The molecule has 0 saturated heterocycles. The average Bonchev–Trinajstić information content (AvgIpc) is 3.15. The second-order valence-electron chi connectivity index (χ2n) is 5.41. The van der Waals surface area contributed by atoms with Crippen LogP contribution in [-0.2, 0) is 10.5 Å². The van der Waals surface area contributed by atoms with Gasteiger partial charge in [-0.2, -0.15) is 0 Å². The third-order valence-electron chi connectivity index (χ3n) is 3.69. The van der Waals surface area contributed by atoms with E-state index in [0.29, 0.717) is 5.13 Å². The zero-order valence-electron chi connectivity index (χ0n) is 12.1. The quantitative estimate of drug-likeness (QED) is 0.649. The first-order valence-electron chi connectivity index (χ1n) is 7.27. The van der Waals surface area contributed by atoms with Crippen molar-refractivity contribution in [3.05, 3.63) is 35.9 Å². The lowest BCUT2D eigenvalue weighted by Crippen LogP contribution is -2.23. The van der Waals surface area contributed by atoms with E-state index in [-0.39, 0.29) is 17.9 Å². The highest BCUT2D eigenvalue weighted by Crippen LogP contribution is 2.30. The van der Waals surface area contributed by atoms with Gasteiger partial charge in [-0.25, -0.2) is 0 Å². The molecule has 2 atom stereocenters. The number of hydrogen-bond donors (Lipinski definition) is 2. The predicted molar refractivity (Wildman–Crippen MR) is 89.9 cm³/mol. The lowest BCUT2D eigenvalue weighted by molar-refractivity contribution is -0.119. The van der Waals surface area contributed by atoms with Crippen LogP contribution in [0.2, 0.25) is 0 Å². The lowest BCUT2D eigenvalue weighted by Gasteiger charge is -2.07. The smallest absolute Gasteiger partial charge is 0.229 e. The van der Waals surface area contributed by atoms with Gasteiger partial charge in [0.25, 0.3) is 0 Å². The molecule has 0 aliphatic heterocycles. The molecule has 1 fully saturated rings. The number of carbonyl (C=O) groups excluding carboxylic acids is 1. The van der Waals surface area contributed by atoms with Crippen molar-refractivity contribution in [2.24, 2.45) is 11.7 Å². The Morgan fingerprint density at radius 1 is 1.32 bits per heavy atom. The molecule has 1 saturated carbocycles. The van der Waals surface area contributed by atoms with Gasteiger partial charge in [-0.1, -0.05) is 53.4 Å². The van der Waals surface area contributed by atoms with Gasteiger partial charge < -0.3 is 11.1 Å². The van der Waals surface area contributed by atoms with E-state index in [1.165, 1.54) is 16.9 Å². The van der Waals surface area contributed by atoms with E-state index in [9.17, 15) is 4.79 Å². The highest BCUT2D eigenvalue weighted by molar-refractivity contribution is 8.00. The van der Waals surface area contributed by atoms with Crippen molar-refractivity contribution >= 4 is 34.1 Å². The Morgan fingerprint density at radius 3 is 2.86 bits per heavy atom. The zero-order valence-corrected chi connectivity index (χ0v) is 13.7. The average molecular weight is 334 g/mol. The second kappa shape index (κ2) is 7.21. The van der Waals surface area contributed by atoms with Crippen molar-refractivity contribution in [2.75, 3.05) is 5.32 Å². The van der Waals surface area contributed by atoms with Gasteiger partial charge in [0.1, 0.15) is 0 Å². The molecule has 1 heterocycles. The third kappa shape index (κ3) is 4.06. The summed E-state index contributed by atoms with van der Waals surface area (Å²) in [6.07, 6.45) is 2.55. The number of nitrogens with zero attached hydrogens (tertiary/aromatic N) is 2. The summed E-state index contributed by atoms with van der Waals surface area (Å²) in [6, 6.07) is 10.4. The van der Waals surface area contributed by atoms with Crippen LogP contribution in [0.5, 0.6) is 0 Å². The number of amides is 1. The van der Waals surface area contributed by atoms with Crippen LogP contribution in [0, 0.1) is 5.92 Å². The number of hydrogen-bond acceptors (Lipinski definition) is 6. The lowest BCUT2D eigenvalue weighted by atomic mass is 10.1. The van der Waals surface area contributed by atoms with Crippen molar-refractivity contribution in [1.82, 2.24) is 10.2 Å². The van der Waals surface area contributed by atoms with E-state index in [4.69, 9.17) is 5.73 Å². The maximum absolute atomic E-state index is 12.1. The van der Waals surface area contributed by atoms with Crippen molar-refractivity contribution < 1.29 is 4.79 Å². The maximum Gasteiger partial charge on any atom is 0.229 e. The fourth-order valence-corrected chi connectivity index (χ4v) is 4.21. The van der Waals surface area contributed by atoms with Crippen LogP contribution in [0.15, 0.2) is 34.7 Å². The standard InChI is InChI=1S/C15H18N4OS2/c16-12-7-6-11(8-12)13(20)17-14-18-19-15(22-14)21-9-10-4-2-1-3-5-10/h1-5,11-12H,6-9,16H2,(H,17,18,20). The molecule has 2 unspecified atom stereocenters. The van der Waals surface area contributed by atoms with Gasteiger partial charge in [-0.3, -0.25) is 4.79 Å². The molecule has 1 aliphatic carbocycles. The number of nitrogens with two attached hydrogens (primary N) is 1. The van der Waals surface area contributed by atoms with Crippen molar-refractivity contribution in [3.63, 3.8) is 0 Å². The summed E-state index contributed by atoms with van der Waals surface area (Å²) in [5.41, 5.74) is 7.09. The minimum Gasteiger partial charge on any atom is -0.328 e. The molecule has 1 aliphatic rings. The summed E-state index contributed by atoms with van der Waals surface area (Å²) in [5.74, 6) is 0.879. The van der Waals surface area contributed by atoms with Crippen LogP contribution >= 0.6 is 23.1 Å². The van der Waals surface area contributed by atoms with E-state index in [0.717, 1.165) is 29.4 Å². The van der Waals surface area contributed by atoms with Gasteiger partial charge in [-0.05, 0) is 24.8 Å². The predicted octanol–water partition coefficient (Wildman–Crippen LogP) is 2.90. The highest BCUT2D eigenvalue weighted by Gasteiger charge is 2.28. The molecule has 116 valence electrons. The number of aromatic nitrogens is 2. The molecule has 1 aromatic carbocycles. The summed E-state index contributed by atoms with van der Waals surface area (Å²) in [6.45, 7) is 0. The summed E-state index contributed by atoms with van der Waals surface area (Å²) in [5, 5.41) is 11.6. The van der Waals surface area contributed by atoms with Crippen LogP contribution in [0.3, 0.4) is 0 Å². The molecular formula is C15H18N4OS2. The molecule has 22 heavy (non-hydrogen) atoms. The zero-order chi connectivity index (χ0) is 15.4.